The lowest BCUT2D eigenvalue weighted by atomic mass is 9.90. The van der Waals surface area contributed by atoms with Gasteiger partial charge in [-0.25, -0.2) is 9.97 Å². The molecule has 0 aliphatic carbocycles. The van der Waals surface area contributed by atoms with Crippen molar-refractivity contribution in [1.29, 1.82) is 0 Å². The normalized spacial score (nSPS) is 14.2. The van der Waals surface area contributed by atoms with Crippen LogP contribution in [0.15, 0.2) is 66.7 Å². The molecule has 1 fully saturated rings. The lowest BCUT2D eigenvalue weighted by Crippen LogP contribution is -2.35. The first-order valence-electron chi connectivity index (χ1n) is 12.1. The van der Waals surface area contributed by atoms with Crippen molar-refractivity contribution < 1.29 is 14.2 Å². The van der Waals surface area contributed by atoms with Crippen LogP contribution in [0.2, 0.25) is 0 Å². The lowest BCUT2D eigenvalue weighted by Gasteiger charge is -2.33. The molecule has 0 bridgehead atoms. The molecule has 0 atom stereocenters. The van der Waals surface area contributed by atoms with Crippen LogP contribution in [0.25, 0.3) is 22.3 Å². The Hall–Kier alpha value is -3.80. The fourth-order valence-electron chi connectivity index (χ4n) is 4.94. The smallest absolute Gasteiger partial charge is 0.203 e. The van der Waals surface area contributed by atoms with Crippen molar-refractivity contribution in [2.75, 3.05) is 39.3 Å². The number of anilines is 1. The quantitative estimate of drug-likeness (QED) is 0.342. The molecular formula is C29H31N3O3. The minimum atomic E-state index is 0.556. The van der Waals surface area contributed by atoms with Crippen molar-refractivity contribution in [2.45, 2.75) is 19.3 Å². The number of hydrogen-bond donors (Lipinski definition) is 0. The number of ether oxygens (including phenoxy) is 3. The van der Waals surface area contributed by atoms with E-state index in [0.717, 1.165) is 54.6 Å². The summed E-state index contributed by atoms with van der Waals surface area (Å²) in [6.07, 6.45) is 3.43. The van der Waals surface area contributed by atoms with Gasteiger partial charge in [0.25, 0.3) is 0 Å². The highest BCUT2D eigenvalue weighted by molar-refractivity contribution is 5.91. The number of piperidine rings is 1. The fraction of sp³-hybridized carbons (Fsp3) is 0.310. The van der Waals surface area contributed by atoms with Crippen LogP contribution in [0, 0.1) is 5.92 Å². The average Bonchev–Trinajstić information content (AvgIpc) is 2.92. The van der Waals surface area contributed by atoms with Gasteiger partial charge in [-0.05, 0) is 55.0 Å². The molecule has 0 spiro atoms. The van der Waals surface area contributed by atoms with E-state index in [0.29, 0.717) is 29.0 Å². The Labute approximate surface area is 206 Å². The van der Waals surface area contributed by atoms with Crippen LogP contribution in [-0.2, 0) is 6.42 Å². The Kier molecular flexibility index (Phi) is 6.70. The molecule has 180 valence electrons. The molecular weight excluding hydrogens is 438 g/mol. The van der Waals surface area contributed by atoms with E-state index in [1.807, 2.05) is 24.3 Å². The molecule has 0 saturated carbocycles. The van der Waals surface area contributed by atoms with Crippen molar-refractivity contribution in [3.63, 3.8) is 0 Å². The summed E-state index contributed by atoms with van der Waals surface area (Å²) in [5.41, 5.74) is 3.17. The predicted molar refractivity (Wildman–Crippen MR) is 140 cm³/mol. The fourth-order valence-corrected chi connectivity index (χ4v) is 4.94. The Morgan fingerprint density at radius 3 is 2.11 bits per heavy atom. The van der Waals surface area contributed by atoms with Crippen molar-refractivity contribution in [2.24, 2.45) is 5.92 Å². The first kappa shape index (κ1) is 23.0. The molecule has 0 amide bonds. The predicted octanol–water partition coefficient (Wildman–Crippen LogP) is 5.78. The van der Waals surface area contributed by atoms with Gasteiger partial charge in [0.15, 0.2) is 17.3 Å². The first-order chi connectivity index (χ1) is 17.2. The number of aromatic nitrogens is 2. The van der Waals surface area contributed by atoms with Gasteiger partial charge in [0.05, 0.1) is 26.8 Å². The standard InChI is InChI=1S/C29H31N3O3/c1-33-25-18-22(19-26(34-2)27(25)35-3)28-30-24-12-8-7-11-23(24)29(31-28)32-15-13-21(14-16-32)17-20-9-5-4-6-10-20/h4-12,18-19,21H,13-17H2,1-3H3. The molecule has 6 heteroatoms. The van der Waals surface area contributed by atoms with E-state index >= 15 is 0 Å². The van der Waals surface area contributed by atoms with Crippen molar-refractivity contribution in [3.8, 4) is 28.6 Å². The van der Waals surface area contributed by atoms with Gasteiger partial charge < -0.3 is 19.1 Å². The SMILES string of the molecule is COc1cc(-c2nc(N3CCC(Cc4ccccc4)CC3)c3ccccc3n2)cc(OC)c1OC. The molecule has 35 heavy (non-hydrogen) atoms. The Balaban J connectivity index is 1.47. The number of benzene rings is 3. The van der Waals surface area contributed by atoms with Crippen molar-refractivity contribution >= 4 is 16.7 Å². The minimum absolute atomic E-state index is 0.556. The second-order valence-corrected chi connectivity index (χ2v) is 8.92. The van der Waals surface area contributed by atoms with Gasteiger partial charge in [0, 0.05) is 24.0 Å². The van der Waals surface area contributed by atoms with E-state index in [4.69, 9.17) is 24.2 Å². The summed E-state index contributed by atoms with van der Waals surface area (Å²) < 4.78 is 16.6. The monoisotopic (exact) mass is 469 g/mol. The van der Waals surface area contributed by atoms with E-state index in [1.54, 1.807) is 21.3 Å². The Morgan fingerprint density at radius 1 is 0.800 bits per heavy atom. The zero-order valence-electron chi connectivity index (χ0n) is 20.5. The third-order valence-electron chi connectivity index (χ3n) is 6.79. The van der Waals surface area contributed by atoms with Gasteiger partial charge in [-0.1, -0.05) is 42.5 Å². The number of nitrogens with zero attached hydrogens (tertiary/aromatic N) is 3. The Morgan fingerprint density at radius 2 is 1.46 bits per heavy atom. The summed E-state index contributed by atoms with van der Waals surface area (Å²) in [7, 11) is 4.84. The molecule has 6 nitrogen and oxygen atoms in total. The van der Waals surface area contributed by atoms with Crippen LogP contribution in [-0.4, -0.2) is 44.4 Å². The molecule has 0 N–H and O–H groups in total. The topological polar surface area (TPSA) is 56.7 Å². The van der Waals surface area contributed by atoms with Gasteiger partial charge in [-0.3, -0.25) is 0 Å². The molecule has 0 unspecified atom stereocenters. The molecule has 1 saturated heterocycles. The molecule has 1 aromatic heterocycles. The van der Waals surface area contributed by atoms with E-state index in [1.165, 1.54) is 5.56 Å². The summed E-state index contributed by atoms with van der Waals surface area (Å²) in [4.78, 5) is 12.4. The molecule has 0 radical (unpaired) electrons. The van der Waals surface area contributed by atoms with E-state index in [9.17, 15) is 0 Å². The molecule has 2 heterocycles. The second-order valence-electron chi connectivity index (χ2n) is 8.92. The zero-order chi connectivity index (χ0) is 24.2. The van der Waals surface area contributed by atoms with Crippen LogP contribution in [0.3, 0.4) is 0 Å². The molecule has 3 aromatic carbocycles. The number of fused-ring (bicyclic) bond motifs is 1. The summed E-state index contributed by atoms with van der Waals surface area (Å²) in [6.45, 7) is 1.96. The largest absolute Gasteiger partial charge is 0.493 e. The number of para-hydroxylation sites is 1. The lowest BCUT2D eigenvalue weighted by molar-refractivity contribution is 0.324. The second kappa shape index (κ2) is 10.2. The maximum Gasteiger partial charge on any atom is 0.203 e. The van der Waals surface area contributed by atoms with Crippen molar-refractivity contribution in [1.82, 2.24) is 9.97 Å². The van der Waals surface area contributed by atoms with Gasteiger partial charge in [-0.2, -0.15) is 0 Å². The van der Waals surface area contributed by atoms with Crippen LogP contribution in [0.5, 0.6) is 17.2 Å². The van der Waals surface area contributed by atoms with Crippen LogP contribution in [0.1, 0.15) is 18.4 Å². The minimum Gasteiger partial charge on any atom is -0.493 e. The summed E-state index contributed by atoms with van der Waals surface area (Å²) >= 11 is 0. The third-order valence-corrected chi connectivity index (χ3v) is 6.79. The molecule has 1 aliphatic rings. The van der Waals surface area contributed by atoms with E-state index < -0.39 is 0 Å². The number of hydrogen-bond acceptors (Lipinski definition) is 6. The average molecular weight is 470 g/mol. The molecule has 4 aromatic rings. The highest BCUT2D eigenvalue weighted by Gasteiger charge is 2.24. The number of methoxy groups -OCH3 is 3. The van der Waals surface area contributed by atoms with Crippen molar-refractivity contribution in [3.05, 3.63) is 72.3 Å². The maximum absolute atomic E-state index is 5.56. The zero-order valence-corrected chi connectivity index (χ0v) is 20.5. The van der Waals surface area contributed by atoms with E-state index in [-0.39, 0.29) is 0 Å². The van der Waals surface area contributed by atoms with Crippen LogP contribution in [0.4, 0.5) is 5.82 Å². The highest BCUT2D eigenvalue weighted by Crippen LogP contribution is 2.41. The molecule has 1 aliphatic heterocycles. The maximum atomic E-state index is 5.56. The Bertz CT molecular complexity index is 1280. The molecule has 5 rings (SSSR count). The summed E-state index contributed by atoms with van der Waals surface area (Å²) in [5, 5.41) is 1.07. The van der Waals surface area contributed by atoms with Gasteiger partial charge in [-0.15, -0.1) is 0 Å². The number of rotatable bonds is 7. The third kappa shape index (κ3) is 4.74. The van der Waals surface area contributed by atoms with Crippen LogP contribution < -0.4 is 19.1 Å². The first-order valence-corrected chi connectivity index (χ1v) is 12.1. The van der Waals surface area contributed by atoms with Crippen LogP contribution >= 0.6 is 0 Å². The van der Waals surface area contributed by atoms with Gasteiger partial charge in [0.1, 0.15) is 5.82 Å². The van der Waals surface area contributed by atoms with Gasteiger partial charge in [0.2, 0.25) is 5.75 Å². The van der Waals surface area contributed by atoms with Gasteiger partial charge >= 0.3 is 0 Å². The highest BCUT2D eigenvalue weighted by atomic mass is 16.5. The summed E-state index contributed by atoms with van der Waals surface area (Å²) in [6, 6.07) is 22.8. The summed E-state index contributed by atoms with van der Waals surface area (Å²) in [5.74, 6) is 4.04. The van der Waals surface area contributed by atoms with E-state index in [2.05, 4.69) is 47.4 Å².